The molecular weight excluding hydrogens is 248 g/mol. The first-order valence-corrected chi connectivity index (χ1v) is 6.08. The Hall–Kier alpha value is -2.31. The zero-order chi connectivity index (χ0) is 13.2. The molecule has 0 aromatic carbocycles. The van der Waals surface area contributed by atoms with Crippen molar-refractivity contribution >= 4 is 5.97 Å². The van der Waals surface area contributed by atoms with E-state index in [2.05, 4.69) is 20.1 Å². The van der Waals surface area contributed by atoms with Crippen LogP contribution in [0.2, 0.25) is 0 Å². The number of hydrogen-bond donors (Lipinski definition) is 1. The van der Waals surface area contributed by atoms with E-state index >= 15 is 0 Å². The fraction of sp³-hybridized carbons (Fsp3) is 0.417. The summed E-state index contributed by atoms with van der Waals surface area (Å²) in [5, 5.41) is 13.0. The molecule has 0 saturated heterocycles. The molecule has 19 heavy (non-hydrogen) atoms. The third-order valence-corrected chi connectivity index (χ3v) is 3.38. The lowest BCUT2D eigenvalue weighted by molar-refractivity contribution is -0.142. The summed E-state index contributed by atoms with van der Waals surface area (Å²) in [6.07, 6.45) is 6.92. The first kappa shape index (κ1) is 11.8. The minimum absolute atomic E-state index is 0.199. The molecule has 2 heterocycles. The van der Waals surface area contributed by atoms with Gasteiger partial charge in [0.05, 0.1) is 18.0 Å². The van der Waals surface area contributed by atoms with Crippen molar-refractivity contribution in [2.24, 2.45) is 5.92 Å². The van der Waals surface area contributed by atoms with Crippen LogP contribution in [0.25, 0.3) is 11.5 Å². The average Bonchev–Trinajstić information content (AvgIpc) is 3.08. The van der Waals surface area contributed by atoms with Crippen LogP contribution in [0.1, 0.15) is 31.1 Å². The molecule has 7 heteroatoms. The van der Waals surface area contributed by atoms with Crippen LogP contribution in [0.15, 0.2) is 23.1 Å². The molecule has 0 amide bonds. The SMILES string of the molecule is O=C(O)C1CCCC1c1nc(-c2cnccn2)no1. The Labute approximate surface area is 108 Å². The Morgan fingerprint density at radius 3 is 3.00 bits per heavy atom. The van der Waals surface area contributed by atoms with Crippen molar-refractivity contribution in [3.8, 4) is 11.5 Å². The second kappa shape index (κ2) is 4.75. The van der Waals surface area contributed by atoms with E-state index in [0.29, 0.717) is 23.8 Å². The molecule has 2 unspecified atom stereocenters. The molecule has 2 aromatic rings. The van der Waals surface area contributed by atoms with Crippen LogP contribution in [-0.4, -0.2) is 31.2 Å². The van der Waals surface area contributed by atoms with Crippen molar-refractivity contribution in [1.29, 1.82) is 0 Å². The van der Waals surface area contributed by atoms with Crippen molar-refractivity contribution in [1.82, 2.24) is 20.1 Å². The number of carboxylic acid groups (broad SMARTS) is 1. The predicted molar refractivity (Wildman–Crippen MR) is 63.0 cm³/mol. The van der Waals surface area contributed by atoms with E-state index in [1.54, 1.807) is 12.4 Å². The topological polar surface area (TPSA) is 102 Å². The van der Waals surface area contributed by atoms with E-state index in [1.807, 2.05) is 0 Å². The maximum atomic E-state index is 11.1. The number of rotatable bonds is 3. The van der Waals surface area contributed by atoms with E-state index in [9.17, 15) is 4.79 Å². The summed E-state index contributed by atoms with van der Waals surface area (Å²) in [4.78, 5) is 23.4. The van der Waals surface area contributed by atoms with E-state index < -0.39 is 11.9 Å². The summed E-state index contributed by atoms with van der Waals surface area (Å²) in [5.74, 6) is -0.711. The van der Waals surface area contributed by atoms with Gasteiger partial charge in [-0.2, -0.15) is 4.98 Å². The molecule has 2 aromatic heterocycles. The summed E-state index contributed by atoms with van der Waals surface area (Å²) in [6, 6.07) is 0. The fourth-order valence-electron chi connectivity index (χ4n) is 2.46. The standard InChI is InChI=1S/C12H12N4O3/c17-12(18)8-3-1-2-7(8)11-15-10(16-19-11)9-6-13-4-5-14-9/h4-8H,1-3H2,(H,17,18). The Morgan fingerprint density at radius 2 is 2.26 bits per heavy atom. The fourth-order valence-corrected chi connectivity index (χ4v) is 2.46. The van der Waals surface area contributed by atoms with E-state index in [-0.39, 0.29) is 5.92 Å². The lowest BCUT2D eigenvalue weighted by atomic mass is 9.96. The first-order valence-electron chi connectivity index (χ1n) is 6.08. The Morgan fingerprint density at radius 1 is 1.37 bits per heavy atom. The van der Waals surface area contributed by atoms with Gasteiger partial charge in [-0.15, -0.1) is 0 Å². The van der Waals surface area contributed by atoms with Gasteiger partial charge in [0, 0.05) is 12.4 Å². The largest absolute Gasteiger partial charge is 0.481 e. The quantitative estimate of drug-likeness (QED) is 0.891. The first-order chi connectivity index (χ1) is 9.25. The zero-order valence-corrected chi connectivity index (χ0v) is 10.1. The second-order valence-electron chi connectivity index (χ2n) is 4.53. The zero-order valence-electron chi connectivity index (χ0n) is 10.1. The van der Waals surface area contributed by atoms with Crippen LogP contribution in [0.3, 0.4) is 0 Å². The molecule has 1 fully saturated rings. The van der Waals surface area contributed by atoms with Gasteiger partial charge in [-0.05, 0) is 12.8 Å². The van der Waals surface area contributed by atoms with Crippen molar-refractivity contribution in [3.63, 3.8) is 0 Å². The van der Waals surface area contributed by atoms with Crippen LogP contribution in [0, 0.1) is 5.92 Å². The van der Waals surface area contributed by atoms with Gasteiger partial charge in [-0.1, -0.05) is 11.6 Å². The maximum Gasteiger partial charge on any atom is 0.307 e. The van der Waals surface area contributed by atoms with Gasteiger partial charge >= 0.3 is 5.97 Å². The third-order valence-electron chi connectivity index (χ3n) is 3.38. The smallest absolute Gasteiger partial charge is 0.307 e. The highest BCUT2D eigenvalue weighted by molar-refractivity contribution is 5.71. The van der Waals surface area contributed by atoms with Gasteiger partial charge in [0.2, 0.25) is 11.7 Å². The second-order valence-corrected chi connectivity index (χ2v) is 4.53. The van der Waals surface area contributed by atoms with Crippen molar-refractivity contribution < 1.29 is 14.4 Å². The summed E-state index contributed by atoms with van der Waals surface area (Å²) in [5.41, 5.74) is 0.516. The molecule has 0 bridgehead atoms. The summed E-state index contributed by atoms with van der Waals surface area (Å²) in [7, 11) is 0. The highest BCUT2D eigenvalue weighted by Gasteiger charge is 2.37. The van der Waals surface area contributed by atoms with Gasteiger partial charge < -0.3 is 9.63 Å². The molecule has 0 radical (unpaired) electrons. The highest BCUT2D eigenvalue weighted by atomic mass is 16.5. The third kappa shape index (κ3) is 2.18. The minimum Gasteiger partial charge on any atom is -0.481 e. The maximum absolute atomic E-state index is 11.1. The highest BCUT2D eigenvalue weighted by Crippen LogP contribution is 2.39. The molecule has 2 atom stereocenters. The average molecular weight is 260 g/mol. The van der Waals surface area contributed by atoms with E-state index in [4.69, 9.17) is 9.63 Å². The van der Waals surface area contributed by atoms with Crippen LogP contribution in [0.5, 0.6) is 0 Å². The molecule has 1 saturated carbocycles. The molecule has 1 N–H and O–H groups in total. The summed E-state index contributed by atoms with van der Waals surface area (Å²) < 4.78 is 5.19. The van der Waals surface area contributed by atoms with Gasteiger partial charge in [0.1, 0.15) is 5.69 Å². The van der Waals surface area contributed by atoms with Gasteiger partial charge in [-0.3, -0.25) is 9.78 Å². The molecule has 3 rings (SSSR count). The number of carbonyl (C=O) groups is 1. The monoisotopic (exact) mass is 260 g/mol. The Kier molecular flexibility index (Phi) is 2.94. The Balaban J connectivity index is 1.87. The molecule has 0 aliphatic heterocycles. The molecule has 0 spiro atoms. The molecule has 7 nitrogen and oxygen atoms in total. The van der Waals surface area contributed by atoms with Crippen LogP contribution >= 0.6 is 0 Å². The number of aliphatic carboxylic acids is 1. The number of nitrogens with zero attached hydrogens (tertiary/aromatic N) is 4. The summed E-state index contributed by atoms with van der Waals surface area (Å²) in [6.45, 7) is 0. The predicted octanol–water partition coefficient (Wildman–Crippen LogP) is 1.49. The number of aromatic nitrogens is 4. The number of hydrogen-bond acceptors (Lipinski definition) is 6. The van der Waals surface area contributed by atoms with Crippen LogP contribution < -0.4 is 0 Å². The summed E-state index contributed by atoms with van der Waals surface area (Å²) >= 11 is 0. The lowest BCUT2D eigenvalue weighted by Gasteiger charge is -2.09. The van der Waals surface area contributed by atoms with E-state index in [0.717, 1.165) is 12.8 Å². The Bertz CT molecular complexity index is 584. The van der Waals surface area contributed by atoms with Gasteiger partial charge in [0.25, 0.3) is 0 Å². The molecule has 1 aliphatic carbocycles. The van der Waals surface area contributed by atoms with Crippen molar-refractivity contribution in [3.05, 3.63) is 24.5 Å². The van der Waals surface area contributed by atoms with Crippen LogP contribution in [-0.2, 0) is 4.79 Å². The van der Waals surface area contributed by atoms with E-state index in [1.165, 1.54) is 6.20 Å². The minimum atomic E-state index is -0.804. The van der Waals surface area contributed by atoms with Gasteiger partial charge in [0.15, 0.2) is 0 Å². The normalized spacial score (nSPS) is 22.5. The van der Waals surface area contributed by atoms with Gasteiger partial charge in [-0.25, -0.2) is 4.98 Å². The molecule has 98 valence electrons. The number of carboxylic acids is 1. The lowest BCUT2D eigenvalue weighted by Crippen LogP contribution is -2.17. The van der Waals surface area contributed by atoms with Crippen molar-refractivity contribution in [2.45, 2.75) is 25.2 Å². The molecular formula is C12H12N4O3. The molecule has 1 aliphatic rings. The van der Waals surface area contributed by atoms with Crippen molar-refractivity contribution in [2.75, 3.05) is 0 Å². The van der Waals surface area contributed by atoms with Crippen LogP contribution in [0.4, 0.5) is 0 Å².